The van der Waals surface area contributed by atoms with E-state index >= 15 is 0 Å². The largest absolute Gasteiger partial charge is 0.114 e. The maximum Gasteiger partial charge on any atom is 0.0671 e. The van der Waals surface area contributed by atoms with Gasteiger partial charge in [-0.1, -0.05) is 12.2 Å². The Kier molecular flexibility index (Phi) is 2.02. The van der Waals surface area contributed by atoms with E-state index in [1.165, 1.54) is 5.37 Å². The molecule has 0 saturated heterocycles. The van der Waals surface area contributed by atoms with Gasteiger partial charge in [0.1, 0.15) is 0 Å². The molecule has 36 valence electrons. The van der Waals surface area contributed by atoms with E-state index in [0.29, 0.717) is 0 Å². The van der Waals surface area contributed by atoms with Crippen LogP contribution in [-0.4, -0.2) is 10.2 Å². The van der Waals surface area contributed by atoms with Crippen LogP contribution in [0, 0.1) is 0 Å². The van der Waals surface area contributed by atoms with Gasteiger partial charge in [0.2, 0.25) is 0 Å². The van der Waals surface area contributed by atoms with Crippen LogP contribution in [0.2, 0.25) is 0 Å². The molecular weight excluding hydrogens is 116 g/mol. The predicted molar refractivity (Wildman–Crippen MR) is 33.6 cm³/mol. The second kappa shape index (κ2) is 1.90. The molecule has 0 amide bonds. The zero-order chi connectivity index (χ0) is 5.21. The minimum absolute atomic E-state index is 0.296. The number of hydrogen-bond donors (Lipinski definition) is 0. The minimum atomic E-state index is -0.296. The highest BCUT2D eigenvalue weighted by Gasteiger charge is 2.04. The molecule has 0 spiro atoms. The van der Waals surface area contributed by atoms with E-state index in [0.717, 1.165) is 0 Å². The van der Waals surface area contributed by atoms with Crippen molar-refractivity contribution < 1.29 is 0 Å². The molecule has 0 saturated carbocycles. The van der Waals surface area contributed by atoms with Crippen LogP contribution in [0.1, 0.15) is 13.8 Å². The standard InChI is InChI=1S/C4H7ClS/c1-4(2,5)3-6/h3H,1-2H3. The Hall–Kier alpha value is 0.380. The van der Waals surface area contributed by atoms with Crippen molar-refractivity contribution in [3.63, 3.8) is 0 Å². The first-order valence-electron chi connectivity index (χ1n) is 1.71. The Labute approximate surface area is 48.5 Å². The van der Waals surface area contributed by atoms with Crippen molar-refractivity contribution >= 4 is 29.2 Å². The molecule has 0 radical (unpaired) electrons. The maximum absolute atomic E-state index is 5.56. The molecule has 0 unspecified atom stereocenters. The van der Waals surface area contributed by atoms with Crippen LogP contribution < -0.4 is 0 Å². The topological polar surface area (TPSA) is 0 Å². The Morgan fingerprint density at radius 3 is 1.83 bits per heavy atom. The third kappa shape index (κ3) is 4.38. The second-order valence-electron chi connectivity index (χ2n) is 1.68. The number of rotatable bonds is 1. The van der Waals surface area contributed by atoms with Crippen LogP contribution in [0.4, 0.5) is 0 Å². The van der Waals surface area contributed by atoms with Gasteiger partial charge in [-0.25, -0.2) is 0 Å². The molecule has 6 heavy (non-hydrogen) atoms. The Balaban J connectivity index is 3.45. The van der Waals surface area contributed by atoms with Crippen molar-refractivity contribution in [3.05, 3.63) is 0 Å². The van der Waals surface area contributed by atoms with Crippen molar-refractivity contribution in [2.45, 2.75) is 18.7 Å². The molecule has 0 nitrogen and oxygen atoms in total. The van der Waals surface area contributed by atoms with Gasteiger partial charge in [0.15, 0.2) is 0 Å². The fourth-order valence-corrected chi connectivity index (χ4v) is 0. The van der Waals surface area contributed by atoms with Gasteiger partial charge >= 0.3 is 0 Å². The molecule has 0 bridgehead atoms. The molecule has 0 heterocycles. The van der Waals surface area contributed by atoms with Crippen LogP contribution in [0.5, 0.6) is 0 Å². The van der Waals surface area contributed by atoms with Crippen LogP contribution in [0.15, 0.2) is 0 Å². The molecular formula is C4H7ClS. The first kappa shape index (κ1) is 6.38. The molecule has 0 aromatic rings. The summed E-state index contributed by atoms with van der Waals surface area (Å²) in [6.45, 7) is 3.70. The Morgan fingerprint density at radius 2 is 1.83 bits per heavy atom. The average molecular weight is 123 g/mol. The SMILES string of the molecule is CC(C)(Cl)C=S. The molecule has 0 aromatic carbocycles. The lowest BCUT2D eigenvalue weighted by Crippen LogP contribution is -2.08. The van der Waals surface area contributed by atoms with E-state index in [4.69, 9.17) is 11.6 Å². The average Bonchev–Trinajstić information content (AvgIpc) is 1.35. The van der Waals surface area contributed by atoms with Crippen molar-refractivity contribution in [2.75, 3.05) is 0 Å². The van der Waals surface area contributed by atoms with Crippen LogP contribution >= 0.6 is 23.8 Å². The van der Waals surface area contributed by atoms with Crippen LogP contribution in [0.25, 0.3) is 0 Å². The summed E-state index contributed by atoms with van der Waals surface area (Å²) < 4.78 is 0. The van der Waals surface area contributed by atoms with Gasteiger partial charge < -0.3 is 0 Å². The monoisotopic (exact) mass is 122 g/mol. The van der Waals surface area contributed by atoms with Crippen LogP contribution in [0.3, 0.4) is 0 Å². The van der Waals surface area contributed by atoms with Gasteiger partial charge in [-0.05, 0) is 19.2 Å². The molecule has 2 heteroatoms. The Bertz CT molecular complexity index is 53.1. The predicted octanol–water partition coefficient (Wildman–Crippen LogP) is 2.00. The van der Waals surface area contributed by atoms with Gasteiger partial charge in [0, 0.05) is 0 Å². The van der Waals surface area contributed by atoms with Gasteiger partial charge in [-0.3, -0.25) is 0 Å². The zero-order valence-electron chi connectivity index (χ0n) is 3.86. The highest BCUT2D eigenvalue weighted by molar-refractivity contribution is 7.79. The van der Waals surface area contributed by atoms with E-state index in [9.17, 15) is 0 Å². The van der Waals surface area contributed by atoms with E-state index in [1.54, 1.807) is 0 Å². The van der Waals surface area contributed by atoms with Crippen LogP contribution in [-0.2, 0) is 0 Å². The van der Waals surface area contributed by atoms with E-state index in [1.807, 2.05) is 13.8 Å². The normalized spacial score (nSPS) is 11.2. The summed E-state index contributed by atoms with van der Waals surface area (Å²) in [5.74, 6) is 0. The van der Waals surface area contributed by atoms with Gasteiger partial charge in [-0.2, -0.15) is 0 Å². The third-order valence-corrected chi connectivity index (χ3v) is 1.11. The molecule has 0 fully saturated rings. The summed E-state index contributed by atoms with van der Waals surface area (Å²) in [5.41, 5.74) is 0. The molecule has 0 N–H and O–H groups in total. The van der Waals surface area contributed by atoms with Crippen molar-refractivity contribution in [1.82, 2.24) is 0 Å². The second-order valence-corrected chi connectivity index (χ2v) is 2.89. The third-order valence-electron chi connectivity index (χ3n) is 0.280. The Morgan fingerprint density at radius 1 is 1.67 bits per heavy atom. The summed E-state index contributed by atoms with van der Waals surface area (Å²) in [5, 5.41) is 1.54. The molecule has 0 atom stereocenters. The first-order chi connectivity index (χ1) is 2.56. The lowest BCUT2D eigenvalue weighted by molar-refractivity contribution is 0.971. The molecule has 0 aliphatic rings. The summed E-state index contributed by atoms with van der Waals surface area (Å²) in [6, 6.07) is 0. The molecule has 0 rings (SSSR count). The van der Waals surface area contributed by atoms with Gasteiger partial charge in [0.05, 0.1) is 4.87 Å². The number of thiocarbonyl (C=S) groups is 1. The van der Waals surface area contributed by atoms with E-state index < -0.39 is 0 Å². The summed E-state index contributed by atoms with van der Waals surface area (Å²) >= 11 is 10.1. The van der Waals surface area contributed by atoms with E-state index in [2.05, 4.69) is 12.2 Å². The lowest BCUT2D eigenvalue weighted by atomic mass is 10.3. The van der Waals surface area contributed by atoms with Crippen molar-refractivity contribution in [2.24, 2.45) is 0 Å². The fraction of sp³-hybridized carbons (Fsp3) is 0.750. The van der Waals surface area contributed by atoms with Gasteiger partial charge in [-0.15, -0.1) is 11.6 Å². The van der Waals surface area contributed by atoms with Crippen molar-refractivity contribution in [1.29, 1.82) is 0 Å². The molecule has 0 aliphatic carbocycles. The highest BCUT2D eigenvalue weighted by Crippen LogP contribution is 2.07. The highest BCUT2D eigenvalue weighted by atomic mass is 35.5. The summed E-state index contributed by atoms with van der Waals surface area (Å²) in [6.07, 6.45) is 0. The van der Waals surface area contributed by atoms with E-state index in [-0.39, 0.29) is 4.87 Å². The number of halogens is 1. The zero-order valence-corrected chi connectivity index (χ0v) is 5.44. The number of hydrogen-bond acceptors (Lipinski definition) is 1. The maximum atomic E-state index is 5.56. The summed E-state index contributed by atoms with van der Waals surface area (Å²) in [7, 11) is 0. The molecule has 0 aliphatic heterocycles. The lowest BCUT2D eigenvalue weighted by Gasteiger charge is -2.03. The van der Waals surface area contributed by atoms with Crippen molar-refractivity contribution in [3.8, 4) is 0 Å². The summed E-state index contributed by atoms with van der Waals surface area (Å²) in [4.78, 5) is -0.296. The molecule has 0 aromatic heterocycles. The van der Waals surface area contributed by atoms with Gasteiger partial charge in [0.25, 0.3) is 0 Å². The fourth-order valence-electron chi connectivity index (χ4n) is 0. The minimum Gasteiger partial charge on any atom is -0.114 e. The smallest absolute Gasteiger partial charge is 0.0671 e. The number of alkyl halides is 1. The first-order valence-corrected chi connectivity index (χ1v) is 2.56. The quantitative estimate of drug-likeness (QED) is 0.379.